The third kappa shape index (κ3) is 3.40. The quantitative estimate of drug-likeness (QED) is 0.781. The monoisotopic (exact) mass is 309 g/mol. The molecule has 116 valence electrons. The van der Waals surface area contributed by atoms with Gasteiger partial charge in [-0.3, -0.25) is 9.36 Å². The predicted octanol–water partition coefficient (Wildman–Crippen LogP) is 1.36. The first-order valence-electron chi connectivity index (χ1n) is 7.19. The average molecular weight is 309 g/mol. The summed E-state index contributed by atoms with van der Waals surface area (Å²) in [5.74, 6) is 2.72. The molecule has 23 heavy (non-hydrogen) atoms. The summed E-state index contributed by atoms with van der Waals surface area (Å²) in [6.07, 6.45) is 15.1. The van der Waals surface area contributed by atoms with Crippen LogP contribution in [-0.2, 0) is 0 Å². The zero-order valence-electron chi connectivity index (χ0n) is 12.4. The smallest absolute Gasteiger partial charge is 0.273 e. The van der Waals surface area contributed by atoms with Gasteiger partial charge in [-0.15, -0.1) is 12.3 Å². The fourth-order valence-corrected chi connectivity index (χ4v) is 2.19. The number of hydrogen-bond donors (Lipinski definition) is 1. The number of rotatable bonds is 7. The van der Waals surface area contributed by atoms with Crippen molar-refractivity contribution in [2.75, 3.05) is 6.54 Å². The maximum absolute atomic E-state index is 12.3. The maximum Gasteiger partial charge on any atom is 0.273 e. The van der Waals surface area contributed by atoms with E-state index in [2.05, 4.69) is 36.4 Å². The molecule has 0 saturated heterocycles. The molecule has 0 bridgehead atoms. The largest absolute Gasteiger partial charge is 0.350 e. The van der Waals surface area contributed by atoms with E-state index in [9.17, 15) is 4.79 Å². The van der Waals surface area contributed by atoms with Gasteiger partial charge in [0.1, 0.15) is 6.33 Å². The molecule has 0 atom stereocenters. The lowest BCUT2D eigenvalue weighted by molar-refractivity contribution is 0.0946. The summed E-state index contributed by atoms with van der Waals surface area (Å²) in [5, 5.41) is 10.9. The minimum atomic E-state index is -0.408. The van der Waals surface area contributed by atoms with E-state index < -0.39 is 5.66 Å². The number of nitrogens with one attached hydrogen (secondary N) is 1. The first-order valence-corrected chi connectivity index (χ1v) is 7.19. The molecule has 3 rings (SSSR count). The van der Waals surface area contributed by atoms with Crippen molar-refractivity contribution >= 4 is 5.91 Å². The molecule has 0 spiro atoms. The standard InChI is InChI=1S/C15H15N7O/c1-2-3-4-15(20-21-15)5-6-19-14(23)12-13(18-8-7-17-12)22-10-9-16-11-22/h1,7-11H,3-6H2,(H,19,23). The van der Waals surface area contributed by atoms with Crippen LogP contribution in [0, 0.1) is 12.3 Å². The Balaban J connectivity index is 1.60. The van der Waals surface area contributed by atoms with Crippen LogP contribution in [0.15, 0.2) is 41.3 Å². The Kier molecular flexibility index (Phi) is 4.10. The third-order valence-corrected chi connectivity index (χ3v) is 3.51. The second kappa shape index (κ2) is 6.36. The molecule has 8 heteroatoms. The molecule has 0 radical (unpaired) electrons. The van der Waals surface area contributed by atoms with E-state index in [4.69, 9.17) is 6.42 Å². The Morgan fingerprint density at radius 1 is 1.26 bits per heavy atom. The molecule has 0 fully saturated rings. The van der Waals surface area contributed by atoms with E-state index in [0.717, 1.165) is 0 Å². The van der Waals surface area contributed by atoms with Gasteiger partial charge in [-0.25, -0.2) is 15.0 Å². The minimum absolute atomic E-state index is 0.243. The predicted molar refractivity (Wildman–Crippen MR) is 81.8 cm³/mol. The molecule has 8 nitrogen and oxygen atoms in total. The summed E-state index contributed by atoms with van der Waals surface area (Å²) in [7, 11) is 0. The molecular formula is C15H15N7O. The van der Waals surface area contributed by atoms with Gasteiger partial charge in [0.05, 0.1) is 0 Å². The van der Waals surface area contributed by atoms with Crippen LogP contribution in [0.5, 0.6) is 0 Å². The summed E-state index contributed by atoms with van der Waals surface area (Å²) in [5.41, 5.74) is -0.164. The number of amides is 1. The van der Waals surface area contributed by atoms with Crippen LogP contribution in [0.25, 0.3) is 5.82 Å². The number of carbonyl (C=O) groups is 1. The highest BCUT2D eigenvalue weighted by atomic mass is 16.1. The van der Waals surface area contributed by atoms with Gasteiger partial charge in [0.2, 0.25) is 0 Å². The van der Waals surface area contributed by atoms with Crippen LogP contribution >= 0.6 is 0 Å². The fourth-order valence-electron chi connectivity index (χ4n) is 2.19. The van der Waals surface area contributed by atoms with Crippen molar-refractivity contribution in [2.45, 2.75) is 24.9 Å². The van der Waals surface area contributed by atoms with Crippen molar-refractivity contribution in [3.63, 3.8) is 0 Å². The molecule has 0 aromatic carbocycles. The second-order valence-electron chi connectivity index (χ2n) is 5.09. The number of aromatic nitrogens is 4. The number of hydrogen-bond acceptors (Lipinski definition) is 6. The summed E-state index contributed by atoms with van der Waals surface area (Å²) in [6, 6.07) is 0. The molecule has 3 heterocycles. The normalized spacial score (nSPS) is 14.2. The second-order valence-corrected chi connectivity index (χ2v) is 5.09. The van der Waals surface area contributed by atoms with Gasteiger partial charge in [0, 0.05) is 50.6 Å². The first-order chi connectivity index (χ1) is 11.2. The third-order valence-electron chi connectivity index (χ3n) is 3.51. The lowest BCUT2D eigenvalue weighted by atomic mass is 10.0. The van der Waals surface area contributed by atoms with Gasteiger partial charge in [-0.2, -0.15) is 10.2 Å². The highest BCUT2D eigenvalue weighted by Gasteiger charge is 2.38. The van der Waals surface area contributed by atoms with Gasteiger partial charge < -0.3 is 5.32 Å². The molecule has 0 aliphatic carbocycles. The van der Waals surface area contributed by atoms with Gasteiger partial charge in [-0.05, 0) is 0 Å². The minimum Gasteiger partial charge on any atom is -0.350 e. The molecule has 0 saturated carbocycles. The molecule has 2 aromatic rings. The van der Waals surface area contributed by atoms with Crippen molar-refractivity contribution in [1.29, 1.82) is 0 Å². The SMILES string of the molecule is C#CCCC1(CCNC(=O)c2nccnc2-n2ccnc2)N=N1. The molecule has 1 amide bonds. The van der Waals surface area contributed by atoms with E-state index in [0.29, 0.717) is 31.6 Å². The zero-order chi connectivity index (χ0) is 16.1. The van der Waals surface area contributed by atoms with Crippen molar-refractivity contribution in [1.82, 2.24) is 24.8 Å². The highest BCUT2D eigenvalue weighted by molar-refractivity contribution is 5.95. The summed E-state index contributed by atoms with van der Waals surface area (Å²) < 4.78 is 1.64. The first kappa shape index (κ1) is 14.8. The van der Waals surface area contributed by atoms with Gasteiger partial charge >= 0.3 is 0 Å². The lowest BCUT2D eigenvalue weighted by Crippen LogP contribution is -2.30. The molecular weight excluding hydrogens is 294 g/mol. The van der Waals surface area contributed by atoms with Crippen molar-refractivity contribution < 1.29 is 4.79 Å². The topological polar surface area (TPSA) is 97.4 Å². The van der Waals surface area contributed by atoms with E-state index in [1.165, 1.54) is 12.4 Å². The Hall–Kier alpha value is -3.08. The summed E-state index contributed by atoms with van der Waals surface area (Å²) in [4.78, 5) is 24.6. The molecule has 1 aliphatic heterocycles. The van der Waals surface area contributed by atoms with E-state index in [1.54, 1.807) is 23.3 Å². The van der Waals surface area contributed by atoms with E-state index in [-0.39, 0.29) is 11.6 Å². The number of imidazole rings is 1. The fraction of sp³-hybridized carbons (Fsp3) is 0.333. The van der Waals surface area contributed by atoms with Crippen LogP contribution in [0.4, 0.5) is 0 Å². The Morgan fingerprint density at radius 3 is 2.78 bits per heavy atom. The maximum atomic E-state index is 12.3. The number of terminal acetylenes is 1. The molecule has 1 aliphatic rings. The van der Waals surface area contributed by atoms with Crippen LogP contribution in [0.3, 0.4) is 0 Å². The zero-order valence-corrected chi connectivity index (χ0v) is 12.4. The number of nitrogens with zero attached hydrogens (tertiary/aromatic N) is 6. The molecule has 0 unspecified atom stereocenters. The van der Waals surface area contributed by atoms with Crippen molar-refractivity contribution in [3.8, 4) is 18.2 Å². The Morgan fingerprint density at radius 2 is 2.09 bits per heavy atom. The number of carbonyl (C=O) groups excluding carboxylic acids is 1. The summed E-state index contributed by atoms with van der Waals surface area (Å²) >= 11 is 0. The van der Waals surface area contributed by atoms with E-state index >= 15 is 0 Å². The lowest BCUT2D eigenvalue weighted by Gasteiger charge is -2.11. The molecule has 2 aromatic heterocycles. The Labute approximate surface area is 133 Å². The van der Waals surface area contributed by atoms with Crippen LogP contribution in [-0.4, -0.2) is 37.6 Å². The van der Waals surface area contributed by atoms with Gasteiger partial charge in [0.25, 0.3) is 5.91 Å². The Bertz CT molecular complexity index is 754. The molecule has 1 N–H and O–H groups in total. The van der Waals surface area contributed by atoms with Gasteiger partial charge in [-0.1, -0.05) is 0 Å². The van der Waals surface area contributed by atoms with Gasteiger partial charge in [0.15, 0.2) is 17.2 Å². The summed E-state index contributed by atoms with van der Waals surface area (Å²) in [6.45, 7) is 0.441. The van der Waals surface area contributed by atoms with Crippen molar-refractivity contribution in [3.05, 3.63) is 36.8 Å². The van der Waals surface area contributed by atoms with Crippen LogP contribution in [0.2, 0.25) is 0 Å². The van der Waals surface area contributed by atoms with Crippen LogP contribution in [0.1, 0.15) is 29.8 Å². The van der Waals surface area contributed by atoms with Crippen molar-refractivity contribution in [2.24, 2.45) is 10.2 Å². The average Bonchev–Trinajstić information content (AvgIpc) is 3.13. The highest BCUT2D eigenvalue weighted by Crippen LogP contribution is 2.36. The van der Waals surface area contributed by atoms with Crippen LogP contribution < -0.4 is 5.32 Å². The van der Waals surface area contributed by atoms with E-state index in [1.807, 2.05) is 0 Å².